The van der Waals surface area contributed by atoms with Gasteiger partial charge >= 0.3 is 0 Å². The molecule has 2 N–H and O–H groups in total. The predicted molar refractivity (Wildman–Crippen MR) is 79.1 cm³/mol. The number of hydrogen-bond acceptors (Lipinski definition) is 2. The van der Waals surface area contributed by atoms with Crippen molar-refractivity contribution < 1.29 is 0 Å². The van der Waals surface area contributed by atoms with Gasteiger partial charge in [-0.2, -0.15) is 5.10 Å². The Bertz CT molecular complexity index is 842. The van der Waals surface area contributed by atoms with E-state index in [0.717, 1.165) is 22.3 Å². The maximum atomic E-state index is 4.32. The third-order valence-electron chi connectivity index (χ3n) is 3.47. The van der Waals surface area contributed by atoms with Crippen LogP contribution in [0.5, 0.6) is 0 Å². The molecule has 0 unspecified atom stereocenters. The molecule has 0 atom stereocenters. The number of pyridine rings is 1. The van der Waals surface area contributed by atoms with Crippen LogP contribution < -0.4 is 0 Å². The van der Waals surface area contributed by atoms with Gasteiger partial charge in [0, 0.05) is 24.0 Å². The molecule has 0 saturated carbocycles. The van der Waals surface area contributed by atoms with E-state index < -0.39 is 0 Å². The molecule has 4 nitrogen and oxygen atoms in total. The second-order valence-electron chi connectivity index (χ2n) is 4.65. The Morgan fingerprint density at radius 3 is 2.45 bits per heavy atom. The molecule has 1 aromatic carbocycles. The van der Waals surface area contributed by atoms with Crippen molar-refractivity contribution in [2.75, 3.05) is 0 Å². The van der Waals surface area contributed by atoms with Crippen LogP contribution in [-0.4, -0.2) is 20.2 Å². The number of nitrogens with zero attached hydrogens (tertiary/aromatic N) is 2. The van der Waals surface area contributed by atoms with Gasteiger partial charge in [-0.15, -0.1) is 0 Å². The van der Waals surface area contributed by atoms with Crippen molar-refractivity contribution in [2.24, 2.45) is 0 Å². The van der Waals surface area contributed by atoms with Gasteiger partial charge in [-0.1, -0.05) is 24.3 Å². The zero-order valence-electron chi connectivity index (χ0n) is 10.7. The molecule has 0 radical (unpaired) electrons. The monoisotopic (exact) mass is 260 g/mol. The number of fused-ring (bicyclic) bond motifs is 1. The molecular weight excluding hydrogens is 248 g/mol. The average Bonchev–Trinajstić information content (AvgIpc) is 3.18. The first-order chi connectivity index (χ1) is 9.92. The van der Waals surface area contributed by atoms with Crippen LogP contribution in [0.25, 0.3) is 33.4 Å². The van der Waals surface area contributed by atoms with E-state index in [-0.39, 0.29) is 0 Å². The van der Waals surface area contributed by atoms with Crippen LogP contribution in [0.4, 0.5) is 0 Å². The van der Waals surface area contributed by atoms with Gasteiger partial charge in [0.15, 0.2) is 0 Å². The topological polar surface area (TPSA) is 57.4 Å². The third-order valence-corrected chi connectivity index (χ3v) is 3.47. The van der Waals surface area contributed by atoms with Crippen molar-refractivity contribution in [1.82, 2.24) is 20.2 Å². The highest BCUT2D eigenvalue weighted by atomic mass is 15.1. The first-order valence-corrected chi connectivity index (χ1v) is 6.44. The fraction of sp³-hybridized carbons (Fsp3) is 0. The summed E-state index contributed by atoms with van der Waals surface area (Å²) in [4.78, 5) is 7.46. The summed E-state index contributed by atoms with van der Waals surface area (Å²) in [5, 5.41) is 8.09. The molecule has 4 aromatic rings. The summed E-state index contributed by atoms with van der Waals surface area (Å²) in [6, 6.07) is 14.5. The second kappa shape index (κ2) is 4.35. The summed E-state index contributed by atoms with van der Waals surface area (Å²) in [5.74, 6) is 0. The van der Waals surface area contributed by atoms with Crippen LogP contribution >= 0.6 is 0 Å². The molecular formula is C16H12N4. The molecule has 3 aromatic heterocycles. The maximum absolute atomic E-state index is 4.32. The van der Waals surface area contributed by atoms with Crippen LogP contribution in [-0.2, 0) is 0 Å². The first-order valence-electron chi connectivity index (χ1n) is 6.44. The normalized spacial score (nSPS) is 11.0. The molecule has 0 bridgehead atoms. The highest BCUT2D eigenvalue weighted by Crippen LogP contribution is 2.28. The predicted octanol–water partition coefficient (Wildman–Crippen LogP) is 3.62. The molecule has 4 rings (SSSR count). The molecule has 0 aliphatic carbocycles. The van der Waals surface area contributed by atoms with Crippen LogP contribution in [0.3, 0.4) is 0 Å². The Hall–Kier alpha value is -2.88. The minimum atomic E-state index is 0.917. The molecule has 0 amide bonds. The standard InChI is InChI=1S/C16H12N4/c1-3-12(15-7-10-19-20-15)4-2-11(1)13-5-8-17-16-14(13)6-9-18-16/h1-10H,(H,17,18)(H,19,20). The van der Waals surface area contributed by atoms with Crippen molar-refractivity contribution >= 4 is 11.0 Å². The minimum absolute atomic E-state index is 0.917. The van der Waals surface area contributed by atoms with Crippen molar-refractivity contribution in [3.05, 3.63) is 61.1 Å². The van der Waals surface area contributed by atoms with Gasteiger partial charge < -0.3 is 4.98 Å². The van der Waals surface area contributed by atoms with E-state index in [0.29, 0.717) is 0 Å². The Morgan fingerprint density at radius 1 is 0.800 bits per heavy atom. The molecule has 0 saturated heterocycles. The molecule has 0 fully saturated rings. The Kier molecular flexibility index (Phi) is 2.39. The first kappa shape index (κ1) is 11.0. The molecule has 96 valence electrons. The van der Waals surface area contributed by atoms with Crippen molar-refractivity contribution in [2.45, 2.75) is 0 Å². The van der Waals surface area contributed by atoms with Gasteiger partial charge in [0.25, 0.3) is 0 Å². The summed E-state index contributed by atoms with van der Waals surface area (Å²) < 4.78 is 0. The lowest BCUT2D eigenvalue weighted by Crippen LogP contribution is -1.83. The highest BCUT2D eigenvalue weighted by molar-refractivity contribution is 5.93. The summed E-state index contributed by atoms with van der Waals surface area (Å²) >= 11 is 0. The van der Waals surface area contributed by atoms with E-state index in [9.17, 15) is 0 Å². The summed E-state index contributed by atoms with van der Waals surface area (Å²) in [7, 11) is 0. The van der Waals surface area contributed by atoms with Gasteiger partial charge in [0.05, 0.1) is 5.69 Å². The average molecular weight is 260 g/mol. The van der Waals surface area contributed by atoms with Gasteiger partial charge in [-0.3, -0.25) is 5.10 Å². The van der Waals surface area contributed by atoms with Crippen LogP contribution in [0.15, 0.2) is 61.1 Å². The lowest BCUT2D eigenvalue weighted by atomic mass is 10.0. The molecule has 3 heterocycles. The second-order valence-corrected chi connectivity index (χ2v) is 4.65. The maximum Gasteiger partial charge on any atom is 0.137 e. The quantitative estimate of drug-likeness (QED) is 0.578. The van der Waals surface area contributed by atoms with Crippen molar-refractivity contribution in [3.8, 4) is 22.4 Å². The number of hydrogen-bond donors (Lipinski definition) is 2. The molecule has 4 heteroatoms. The zero-order chi connectivity index (χ0) is 13.4. The van der Waals surface area contributed by atoms with Crippen molar-refractivity contribution in [3.63, 3.8) is 0 Å². The van der Waals surface area contributed by atoms with Gasteiger partial charge in [0.2, 0.25) is 0 Å². The summed E-state index contributed by atoms with van der Waals surface area (Å²) in [5.41, 5.74) is 5.44. The van der Waals surface area contributed by atoms with E-state index >= 15 is 0 Å². The van der Waals surface area contributed by atoms with Crippen LogP contribution in [0.2, 0.25) is 0 Å². The fourth-order valence-corrected chi connectivity index (χ4v) is 2.46. The minimum Gasteiger partial charge on any atom is -0.346 e. The van der Waals surface area contributed by atoms with E-state index in [2.05, 4.69) is 50.5 Å². The smallest absolute Gasteiger partial charge is 0.137 e. The number of nitrogens with one attached hydrogen (secondary N) is 2. The number of H-pyrrole nitrogens is 2. The van der Waals surface area contributed by atoms with Crippen LogP contribution in [0.1, 0.15) is 0 Å². The lowest BCUT2D eigenvalue weighted by Gasteiger charge is -2.04. The SMILES string of the molecule is c1cc(-c2ccc(-c3ccnc4[nH]ccc34)cc2)[nH]n1. The largest absolute Gasteiger partial charge is 0.346 e. The molecule has 0 aliphatic heterocycles. The van der Waals surface area contributed by atoms with Crippen molar-refractivity contribution in [1.29, 1.82) is 0 Å². The lowest BCUT2D eigenvalue weighted by molar-refractivity contribution is 1.10. The highest BCUT2D eigenvalue weighted by Gasteiger charge is 2.06. The zero-order valence-corrected chi connectivity index (χ0v) is 10.7. The molecule has 20 heavy (non-hydrogen) atoms. The van der Waals surface area contributed by atoms with Gasteiger partial charge in [0.1, 0.15) is 5.65 Å². The summed E-state index contributed by atoms with van der Waals surface area (Å²) in [6.45, 7) is 0. The molecule has 0 spiro atoms. The van der Waals surface area contributed by atoms with E-state index in [1.54, 1.807) is 6.20 Å². The van der Waals surface area contributed by atoms with E-state index in [4.69, 9.17) is 0 Å². The van der Waals surface area contributed by atoms with E-state index in [1.165, 1.54) is 11.1 Å². The van der Waals surface area contributed by atoms with Gasteiger partial charge in [-0.05, 0) is 34.9 Å². The van der Waals surface area contributed by atoms with Crippen LogP contribution in [0, 0.1) is 0 Å². The third kappa shape index (κ3) is 1.70. The fourth-order valence-electron chi connectivity index (χ4n) is 2.46. The Labute approximate surface area is 115 Å². The molecule has 0 aliphatic rings. The number of rotatable bonds is 2. The summed E-state index contributed by atoms with van der Waals surface area (Å²) in [6.07, 6.45) is 5.51. The Balaban J connectivity index is 1.81. The van der Waals surface area contributed by atoms with Gasteiger partial charge in [-0.25, -0.2) is 4.98 Å². The number of aromatic amines is 2. The number of benzene rings is 1. The van der Waals surface area contributed by atoms with E-state index in [1.807, 2.05) is 24.5 Å². The Morgan fingerprint density at radius 2 is 1.65 bits per heavy atom. The number of aromatic nitrogens is 4.